The molecule has 7 rings (SSSR count). The van der Waals surface area contributed by atoms with Gasteiger partial charge in [0.2, 0.25) is 5.91 Å². The Kier molecular flexibility index (Phi) is 10.7. The van der Waals surface area contributed by atoms with E-state index in [9.17, 15) is 19.7 Å². The molecule has 1 aromatic heterocycles. The Bertz CT molecular complexity index is 2120. The van der Waals surface area contributed by atoms with Crippen LogP contribution in [0.4, 0.5) is 10.5 Å². The molecule has 12 nitrogen and oxygen atoms in total. The van der Waals surface area contributed by atoms with Crippen LogP contribution in [0, 0.1) is 16.0 Å². The van der Waals surface area contributed by atoms with E-state index in [0.29, 0.717) is 18.4 Å². The van der Waals surface area contributed by atoms with Gasteiger partial charge in [-0.1, -0.05) is 86.0 Å². The number of nitrogens with one attached hydrogen (secondary N) is 3. The number of fused-ring (bicyclic) bond motifs is 4. The number of nitro benzene ring substituents is 1. The topological polar surface area (TPSA) is 179 Å². The predicted octanol–water partition coefficient (Wildman–Crippen LogP) is 7.92. The van der Waals surface area contributed by atoms with Gasteiger partial charge in [-0.15, -0.1) is 0 Å². The van der Waals surface area contributed by atoms with Gasteiger partial charge in [-0.25, -0.2) is 9.88 Å². The Balaban J connectivity index is 1.17. The molecule has 1 saturated carbocycles. The second-order valence-electron chi connectivity index (χ2n) is 13.8. The number of benzene rings is 4. The molecule has 0 radical (unpaired) electrons. The van der Waals surface area contributed by atoms with Crippen molar-refractivity contribution >= 4 is 36.1 Å². The second kappa shape index (κ2) is 15.8. The number of nitrogens with zero attached hydrogens (tertiary/aromatic N) is 1. The molecule has 274 valence electrons. The zero-order chi connectivity index (χ0) is 37.0. The Morgan fingerprint density at radius 1 is 0.906 bits per heavy atom. The molecule has 0 bridgehead atoms. The Hall–Kier alpha value is -5.29. The number of hydrogen-bond acceptors (Lipinski definition) is 7. The van der Waals surface area contributed by atoms with Gasteiger partial charge in [-0.05, 0) is 76.8 Å². The highest BCUT2D eigenvalue weighted by Gasteiger charge is 2.44. The van der Waals surface area contributed by atoms with E-state index in [0.717, 1.165) is 58.0 Å². The van der Waals surface area contributed by atoms with Gasteiger partial charge < -0.3 is 25.3 Å². The van der Waals surface area contributed by atoms with E-state index in [1.807, 2.05) is 60.7 Å². The third kappa shape index (κ3) is 7.90. The first-order chi connectivity index (χ1) is 25.7. The minimum atomic E-state index is -4.20. The van der Waals surface area contributed by atoms with Crippen molar-refractivity contribution in [3.63, 3.8) is 0 Å². The largest absolute Gasteiger partial charge is 0.449 e. The van der Waals surface area contributed by atoms with Gasteiger partial charge in [-0.3, -0.25) is 19.5 Å². The number of aromatic nitrogens is 1. The Morgan fingerprint density at radius 2 is 1.55 bits per heavy atom. The van der Waals surface area contributed by atoms with Gasteiger partial charge in [0.25, 0.3) is 13.2 Å². The number of alkyl carbamates (subject to hydrolysis) is 1. The van der Waals surface area contributed by atoms with E-state index < -0.39 is 36.3 Å². The highest BCUT2D eigenvalue weighted by atomic mass is 31.2. The molecule has 2 amide bonds. The van der Waals surface area contributed by atoms with Crippen LogP contribution in [0.2, 0.25) is 0 Å². The summed E-state index contributed by atoms with van der Waals surface area (Å²) < 4.78 is 27.7. The van der Waals surface area contributed by atoms with Crippen molar-refractivity contribution in [3.8, 4) is 11.1 Å². The van der Waals surface area contributed by atoms with E-state index in [1.54, 1.807) is 6.20 Å². The summed E-state index contributed by atoms with van der Waals surface area (Å²) in [6, 6.07) is 28.3. The first-order valence-corrected chi connectivity index (χ1v) is 19.6. The smallest absolute Gasteiger partial charge is 0.407 e. The number of amides is 2. The average molecular weight is 736 g/mol. The second-order valence-corrected chi connectivity index (χ2v) is 16.0. The summed E-state index contributed by atoms with van der Waals surface area (Å²) >= 11 is 0. The number of ether oxygens (including phenoxy) is 1. The van der Waals surface area contributed by atoms with Crippen molar-refractivity contribution < 1.29 is 28.3 Å². The molecule has 13 heteroatoms. The third-order valence-electron chi connectivity index (χ3n) is 10.4. The van der Waals surface area contributed by atoms with Crippen molar-refractivity contribution in [1.29, 1.82) is 0 Å². The van der Waals surface area contributed by atoms with Crippen LogP contribution in [0.15, 0.2) is 103 Å². The minimum Gasteiger partial charge on any atom is -0.449 e. The fourth-order valence-electron chi connectivity index (χ4n) is 7.72. The quantitative estimate of drug-likeness (QED) is 0.0505. The summed E-state index contributed by atoms with van der Waals surface area (Å²) in [6.07, 6.45) is 5.21. The van der Waals surface area contributed by atoms with Crippen LogP contribution in [-0.2, 0) is 31.6 Å². The number of para-hydroxylation sites is 1. The SMILES string of the molecule is NC(=O)[C@@H](Cc1c[nH]c2ccccc12)NP(=O)(OCc1ccc([N+](=O)[O-])cc1)[C@@H](NC(=O)OCC1c2ccccc2-c2ccccc21)C1CCCCC1. The monoisotopic (exact) mass is 735 g/mol. The van der Waals surface area contributed by atoms with E-state index >= 15 is 4.57 Å². The molecule has 3 atom stereocenters. The normalized spacial score (nSPS) is 16.6. The number of nitro groups is 1. The molecule has 2 aliphatic carbocycles. The Labute approximate surface area is 307 Å². The number of rotatable bonds is 14. The van der Waals surface area contributed by atoms with Crippen molar-refractivity contribution in [3.05, 3.63) is 136 Å². The summed E-state index contributed by atoms with van der Waals surface area (Å²) in [4.78, 5) is 40.9. The molecule has 53 heavy (non-hydrogen) atoms. The maximum atomic E-state index is 15.5. The fraction of sp³-hybridized carbons (Fsp3) is 0.300. The number of primary amides is 1. The molecule has 2 aliphatic rings. The van der Waals surface area contributed by atoms with Crippen molar-refractivity contribution in [2.75, 3.05) is 6.61 Å². The van der Waals surface area contributed by atoms with Crippen molar-refractivity contribution in [2.45, 2.75) is 62.9 Å². The van der Waals surface area contributed by atoms with Crippen molar-refractivity contribution in [2.24, 2.45) is 11.7 Å². The molecule has 5 N–H and O–H groups in total. The summed E-state index contributed by atoms with van der Waals surface area (Å²) in [7, 11) is -4.20. The zero-order valence-electron chi connectivity index (χ0n) is 29.1. The number of aromatic amines is 1. The van der Waals surface area contributed by atoms with Gasteiger partial charge in [0.05, 0.1) is 17.6 Å². The summed E-state index contributed by atoms with van der Waals surface area (Å²) in [5, 5.41) is 18.1. The van der Waals surface area contributed by atoms with Gasteiger partial charge in [0.15, 0.2) is 0 Å². The molecule has 0 spiro atoms. The van der Waals surface area contributed by atoms with E-state index in [4.69, 9.17) is 15.0 Å². The van der Waals surface area contributed by atoms with Crippen LogP contribution >= 0.6 is 7.52 Å². The molecule has 1 unspecified atom stereocenters. The highest BCUT2D eigenvalue weighted by molar-refractivity contribution is 7.57. The first-order valence-electron chi connectivity index (χ1n) is 17.9. The van der Waals surface area contributed by atoms with E-state index in [2.05, 4.69) is 27.5 Å². The number of hydrogen-bond donors (Lipinski definition) is 4. The summed E-state index contributed by atoms with van der Waals surface area (Å²) in [5.74, 6) is -2.25. The molecule has 1 heterocycles. The molecule has 5 aromatic rings. The standard InChI is InChI=1S/C40H42N5O7P/c41-38(46)37(22-28-23-42-36-17-9-8-12-30(28)36)44-53(50,52-24-26-18-20-29(21-19-26)45(48)49)39(27-10-2-1-3-11-27)43-40(47)51-25-35-33-15-6-4-13-31(33)32-14-5-7-16-34(32)35/h4-9,12-21,23,27,35,37,39,42H,1-3,10-11,22,24-25H2,(H2,41,46)(H,43,47)(H,44,50)/t37-,39-,53?/m1/s1. The molecule has 4 aromatic carbocycles. The number of H-pyrrole nitrogens is 1. The van der Waals surface area contributed by atoms with Gasteiger partial charge in [-0.2, -0.15) is 0 Å². The number of carbonyl (C=O) groups is 2. The summed E-state index contributed by atoms with van der Waals surface area (Å²) in [6.45, 7) is -0.153. The van der Waals surface area contributed by atoms with Gasteiger partial charge in [0.1, 0.15) is 12.4 Å². The number of non-ortho nitro benzene ring substituents is 1. The van der Waals surface area contributed by atoms with Crippen LogP contribution in [-0.4, -0.2) is 40.3 Å². The predicted molar refractivity (Wildman–Crippen MR) is 202 cm³/mol. The van der Waals surface area contributed by atoms with Crippen molar-refractivity contribution in [1.82, 2.24) is 15.4 Å². The third-order valence-corrected chi connectivity index (χ3v) is 12.9. The first kappa shape index (κ1) is 36.1. The lowest BCUT2D eigenvalue weighted by molar-refractivity contribution is -0.384. The number of nitrogens with two attached hydrogens (primary N) is 1. The Morgan fingerprint density at radius 3 is 2.21 bits per heavy atom. The highest BCUT2D eigenvalue weighted by Crippen LogP contribution is 2.54. The lowest BCUT2D eigenvalue weighted by Crippen LogP contribution is -2.49. The van der Waals surface area contributed by atoms with Crippen LogP contribution in [0.1, 0.15) is 60.3 Å². The van der Waals surface area contributed by atoms with Crippen LogP contribution in [0.5, 0.6) is 0 Å². The molecular weight excluding hydrogens is 693 g/mol. The van der Waals surface area contributed by atoms with E-state index in [-0.39, 0.29) is 37.2 Å². The van der Waals surface area contributed by atoms with E-state index in [1.165, 1.54) is 24.3 Å². The lowest BCUT2D eigenvalue weighted by atomic mass is 9.89. The maximum absolute atomic E-state index is 15.5. The van der Waals surface area contributed by atoms with Crippen LogP contribution < -0.4 is 16.1 Å². The van der Waals surface area contributed by atoms with Crippen LogP contribution in [0.25, 0.3) is 22.0 Å². The summed E-state index contributed by atoms with van der Waals surface area (Å²) in [5.41, 5.74) is 12.4. The molecule has 0 aliphatic heterocycles. The van der Waals surface area contributed by atoms with Gasteiger partial charge in [0, 0.05) is 35.2 Å². The van der Waals surface area contributed by atoms with Crippen LogP contribution in [0.3, 0.4) is 0 Å². The van der Waals surface area contributed by atoms with Gasteiger partial charge >= 0.3 is 6.09 Å². The average Bonchev–Trinajstić information content (AvgIpc) is 3.74. The number of carbonyl (C=O) groups excluding carboxylic acids is 2. The fourth-order valence-corrected chi connectivity index (χ4v) is 10.2. The molecule has 0 saturated heterocycles. The maximum Gasteiger partial charge on any atom is 0.407 e. The lowest BCUT2D eigenvalue weighted by Gasteiger charge is -2.37. The molecule has 1 fully saturated rings. The zero-order valence-corrected chi connectivity index (χ0v) is 30.0. The molecular formula is C40H42N5O7P. The minimum absolute atomic E-state index is 0.0586.